The number of nitrogen functional groups attached to an aromatic ring is 1. The maximum absolute atomic E-state index is 11.7. The van der Waals surface area contributed by atoms with Crippen molar-refractivity contribution in [3.8, 4) is 0 Å². The number of aliphatic hydroxyl groups is 1. The Labute approximate surface area is 103 Å². The maximum Gasteiger partial charge on any atom is 0.265 e. The number of hydrogen-bond acceptors (Lipinski definition) is 6. The fourth-order valence-electron chi connectivity index (χ4n) is 1.78. The molecular weight excluding hydrogens is 240 g/mol. The summed E-state index contributed by atoms with van der Waals surface area (Å²) in [7, 11) is 0. The van der Waals surface area contributed by atoms with Gasteiger partial charge in [0.2, 0.25) is 0 Å². The fourth-order valence-corrected chi connectivity index (χ4v) is 2.73. The number of aromatic nitrogens is 1. The average molecular weight is 256 g/mol. The Hall–Kier alpha value is -1.34. The van der Waals surface area contributed by atoms with Crippen molar-refractivity contribution < 1.29 is 9.90 Å². The van der Waals surface area contributed by atoms with Crippen LogP contribution in [0.25, 0.3) is 0 Å². The summed E-state index contributed by atoms with van der Waals surface area (Å²) in [5.74, 6) is 0.00633. The first-order valence-corrected chi connectivity index (χ1v) is 6.44. The number of carbonyl (C=O) groups excluding carboxylic acids is 1. The molecule has 2 rings (SSSR count). The van der Waals surface area contributed by atoms with Crippen LogP contribution in [0.4, 0.5) is 10.9 Å². The van der Waals surface area contributed by atoms with E-state index in [4.69, 9.17) is 10.8 Å². The first-order chi connectivity index (χ1) is 8.22. The third-order valence-electron chi connectivity index (χ3n) is 2.62. The molecule has 0 bridgehead atoms. The van der Waals surface area contributed by atoms with E-state index in [0.29, 0.717) is 4.88 Å². The molecule has 0 spiro atoms. The predicted molar refractivity (Wildman–Crippen MR) is 67.4 cm³/mol. The van der Waals surface area contributed by atoms with Gasteiger partial charge in [-0.2, -0.15) is 0 Å². The molecule has 0 saturated carbocycles. The topological polar surface area (TPSA) is 91.5 Å². The zero-order valence-electron chi connectivity index (χ0n) is 9.48. The van der Waals surface area contributed by atoms with Gasteiger partial charge in [-0.05, 0) is 12.8 Å². The molecular formula is C10H16N4O2S. The molecule has 0 unspecified atom stereocenters. The van der Waals surface area contributed by atoms with E-state index >= 15 is 0 Å². The van der Waals surface area contributed by atoms with Crippen LogP contribution in [0.2, 0.25) is 0 Å². The van der Waals surface area contributed by atoms with Gasteiger partial charge in [-0.3, -0.25) is 4.79 Å². The molecule has 1 amide bonds. The van der Waals surface area contributed by atoms with Crippen LogP contribution < -0.4 is 16.0 Å². The normalized spacial score (nSPS) is 15.2. The van der Waals surface area contributed by atoms with Gasteiger partial charge in [0.25, 0.3) is 5.91 Å². The first kappa shape index (κ1) is 12.1. The zero-order chi connectivity index (χ0) is 12.3. The number of nitrogens with one attached hydrogen (secondary N) is 1. The summed E-state index contributed by atoms with van der Waals surface area (Å²) in [4.78, 5) is 18.5. The highest BCUT2D eigenvalue weighted by Crippen LogP contribution is 2.30. The summed E-state index contributed by atoms with van der Waals surface area (Å²) in [6, 6.07) is 0. The molecule has 0 atom stereocenters. The standard InChI is InChI=1S/C10H16N4O2S/c11-8-7(9(16)12-3-6-15)17-10(13-8)14-4-1-2-5-14/h15H,1-6,11H2,(H,12,16). The van der Waals surface area contributed by atoms with Crippen LogP contribution in [0.1, 0.15) is 22.5 Å². The van der Waals surface area contributed by atoms with Crippen LogP contribution in [-0.4, -0.2) is 42.2 Å². The highest BCUT2D eigenvalue weighted by Gasteiger charge is 2.21. The lowest BCUT2D eigenvalue weighted by Crippen LogP contribution is -2.26. The number of nitrogens with two attached hydrogens (primary N) is 1. The Morgan fingerprint density at radius 1 is 1.53 bits per heavy atom. The Kier molecular flexibility index (Phi) is 3.80. The zero-order valence-corrected chi connectivity index (χ0v) is 10.3. The molecule has 1 fully saturated rings. The van der Waals surface area contributed by atoms with Crippen molar-refractivity contribution >= 4 is 28.2 Å². The molecule has 1 aromatic rings. The number of carbonyl (C=O) groups is 1. The molecule has 1 aromatic heterocycles. The van der Waals surface area contributed by atoms with Crippen LogP contribution in [0.3, 0.4) is 0 Å². The van der Waals surface area contributed by atoms with Crippen LogP contribution in [-0.2, 0) is 0 Å². The van der Waals surface area contributed by atoms with E-state index in [-0.39, 0.29) is 24.9 Å². The van der Waals surface area contributed by atoms with Gasteiger partial charge in [-0.25, -0.2) is 4.98 Å². The molecule has 0 aliphatic carbocycles. The summed E-state index contributed by atoms with van der Waals surface area (Å²) >= 11 is 1.31. The number of amides is 1. The first-order valence-electron chi connectivity index (χ1n) is 5.62. The number of thiazole rings is 1. The summed E-state index contributed by atoms with van der Waals surface area (Å²) in [5, 5.41) is 12.0. The van der Waals surface area contributed by atoms with Crippen molar-refractivity contribution in [2.24, 2.45) is 0 Å². The van der Waals surface area contributed by atoms with Crippen molar-refractivity contribution in [2.45, 2.75) is 12.8 Å². The molecule has 17 heavy (non-hydrogen) atoms. The van der Waals surface area contributed by atoms with Gasteiger partial charge in [0.05, 0.1) is 6.61 Å². The molecule has 2 heterocycles. The third kappa shape index (κ3) is 2.67. The van der Waals surface area contributed by atoms with E-state index in [9.17, 15) is 4.79 Å². The Bertz CT molecular complexity index is 401. The molecule has 1 saturated heterocycles. The largest absolute Gasteiger partial charge is 0.395 e. The number of aliphatic hydroxyl groups excluding tert-OH is 1. The van der Waals surface area contributed by atoms with Gasteiger partial charge in [-0.1, -0.05) is 11.3 Å². The monoisotopic (exact) mass is 256 g/mol. The molecule has 1 aliphatic heterocycles. The molecule has 6 nitrogen and oxygen atoms in total. The van der Waals surface area contributed by atoms with Gasteiger partial charge < -0.3 is 21.1 Å². The predicted octanol–water partition coefficient (Wildman–Crippen LogP) is 0.0476. The number of anilines is 2. The van der Waals surface area contributed by atoms with E-state index in [1.165, 1.54) is 11.3 Å². The molecule has 0 radical (unpaired) electrons. The quantitative estimate of drug-likeness (QED) is 0.708. The van der Waals surface area contributed by atoms with Crippen molar-refractivity contribution in [3.63, 3.8) is 0 Å². The molecule has 0 aromatic carbocycles. The SMILES string of the molecule is Nc1nc(N2CCCC2)sc1C(=O)NCCO. The lowest BCUT2D eigenvalue weighted by Gasteiger charge is -2.11. The lowest BCUT2D eigenvalue weighted by molar-refractivity contribution is 0.0949. The fraction of sp³-hybridized carbons (Fsp3) is 0.600. The molecule has 94 valence electrons. The Balaban J connectivity index is 2.09. The van der Waals surface area contributed by atoms with Gasteiger partial charge in [0.15, 0.2) is 5.13 Å². The maximum atomic E-state index is 11.7. The van der Waals surface area contributed by atoms with E-state index in [2.05, 4.69) is 15.2 Å². The Morgan fingerprint density at radius 3 is 2.88 bits per heavy atom. The van der Waals surface area contributed by atoms with E-state index in [0.717, 1.165) is 31.1 Å². The van der Waals surface area contributed by atoms with E-state index in [1.807, 2.05) is 0 Å². The lowest BCUT2D eigenvalue weighted by atomic mass is 10.4. The second kappa shape index (κ2) is 5.33. The minimum Gasteiger partial charge on any atom is -0.395 e. The van der Waals surface area contributed by atoms with Crippen LogP contribution >= 0.6 is 11.3 Å². The number of rotatable bonds is 4. The summed E-state index contributed by atoms with van der Waals surface area (Å²) in [6.45, 7) is 2.11. The van der Waals surface area contributed by atoms with Crippen LogP contribution in [0.15, 0.2) is 0 Å². The van der Waals surface area contributed by atoms with Gasteiger partial charge in [0.1, 0.15) is 10.7 Å². The summed E-state index contributed by atoms with van der Waals surface area (Å²) in [6.07, 6.45) is 2.32. The van der Waals surface area contributed by atoms with Crippen molar-refractivity contribution in [1.82, 2.24) is 10.3 Å². The van der Waals surface area contributed by atoms with E-state index in [1.54, 1.807) is 0 Å². The molecule has 7 heteroatoms. The summed E-state index contributed by atoms with van der Waals surface area (Å²) < 4.78 is 0. The Morgan fingerprint density at radius 2 is 2.24 bits per heavy atom. The van der Waals surface area contributed by atoms with Crippen molar-refractivity contribution in [3.05, 3.63) is 4.88 Å². The third-order valence-corrected chi connectivity index (χ3v) is 3.75. The van der Waals surface area contributed by atoms with Crippen molar-refractivity contribution in [2.75, 3.05) is 36.9 Å². The molecule has 1 aliphatic rings. The van der Waals surface area contributed by atoms with Crippen LogP contribution in [0.5, 0.6) is 0 Å². The highest BCUT2D eigenvalue weighted by molar-refractivity contribution is 7.18. The van der Waals surface area contributed by atoms with Crippen molar-refractivity contribution in [1.29, 1.82) is 0 Å². The average Bonchev–Trinajstić information content (AvgIpc) is 2.94. The minimum atomic E-state index is -0.264. The second-order valence-corrected chi connectivity index (χ2v) is 4.86. The van der Waals surface area contributed by atoms with Gasteiger partial charge >= 0.3 is 0 Å². The number of nitrogens with zero attached hydrogens (tertiary/aromatic N) is 2. The molecule has 4 N–H and O–H groups in total. The van der Waals surface area contributed by atoms with E-state index < -0.39 is 0 Å². The van der Waals surface area contributed by atoms with Gasteiger partial charge in [0, 0.05) is 19.6 Å². The van der Waals surface area contributed by atoms with Gasteiger partial charge in [-0.15, -0.1) is 0 Å². The highest BCUT2D eigenvalue weighted by atomic mass is 32.1. The number of hydrogen-bond donors (Lipinski definition) is 3. The van der Waals surface area contributed by atoms with Crippen LogP contribution in [0, 0.1) is 0 Å². The second-order valence-electron chi connectivity index (χ2n) is 3.88. The minimum absolute atomic E-state index is 0.0799. The summed E-state index contributed by atoms with van der Waals surface area (Å²) in [5.41, 5.74) is 5.73. The smallest absolute Gasteiger partial charge is 0.265 e.